The van der Waals surface area contributed by atoms with Crippen LogP contribution in [0, 0.1) is 6.92 Å². The van der Waals surface area contributed by atoms with Gasteiger partial charge in [-0.3, -0.25) is 9.78 Å². The van der Waals surface area contributed by atoms with Crippen LogP contribution in [0.3, 0.4) is 0 Å². The predicted octanol–water partition coefficient (Wildman–Crippen LogP) is 2.12. The molecule has 1 aromatic heterocycles. The second-order valence-corrected chi connectivity index (χ2v) is 4.31. The number of nitrogens with one attached hydrogen (secondary N) is 2. The number of pyridine rings is 1. The average Bonchev–Trinajstić information content (AvgIpc) is 2.45. The van der Waals surface area contributed by atoms with Crippen molar-refractivity contribution in [3.05, 3.63) is 59.9 Å². The summed E-state index contributed by atoms with van der Waals surface area (Å²) in [6, 6.07) is 11.7. The number of benzene rings is 1. The molecule has 0 atom stereocenters. The summed E-state index contributed by atoms with van der Waals surface area (Å²) in [5, 5.41) is 5.97. The fourth-order valence-electron chi connectivity index (χ4n) is 1.71. The molecular weight excluding hydrogens is 238 g/mol. The zero-order valence-electron chi connectivity index (χ0n) is 10.9. The summed E-state index contributed by atoms with van der Waals surface area (Å²) < 4.78 is 0. The molecule has 2 rings (SSSR count). The standard InChI is InChI=1S/C15H17N3O/c1-12-5-2-3-7-14(12)17-11-15(19)18-10-13-6-4-8-16-9-13/h2-9,17H,10-11H2,1H3,(H,18,19). The Labute approximate surface area is 112 Å². The lowest BCUT2D eigenvalue weighted by atomic mass is 10.2. The summed E-state index contributed by atoms with van der Waals surface area (Å²) in [5.74, 6) is -0.0351. The molecular formula is C15H17N3O. The Hall–Kier alpha value is -2.36. The largest absolute Gasteiger partial charge is 0.376 e. The van der Waals surface area contributed by atoms with Gasteiger partial charge in [-0.15, -0.1) is 0 Å². The Morgan fingerprint density at radius 1 is 1.21 bits per heavy atom. The van der Waals surface area contributed by atoms with Gasteiger partial charge in [-0.2, -0.15) is 0 Å². The predicted molar refractivity (Wildman–Crippen MR) is 75.8 cm³/mol. The summed E-state index contributed by atoms with van der Waals surface area (Å²) in [5.41, 5.74) is 3.10. The van der Waals surface area contributed by atoms with Crippen molar-refractivity contribution in [2.45, 2.75) is 13.5 Å². The maximum atomic E-state index is 11.7. The molecule has 98 valence electrons. The van der Waals surface area contributed by atoms with E-state index in [1.54, 1.807) is 12.4 Å². The monoisotopic (exact) mass is 255 g/mol. The number of nitrogens with zero attached hydrogens (tertiary/aromatic N) is 1. The van der Waals surface area contributed by atoms with Crippen molar-refractivity contribution in [1.82, 2.24) is 10.3 Å². The van der Waals surface area contributed by atoms with Gasteiger partial charge >= 0.3 is 0 Å². The zero-order valence-corrected chi connectivity index (χ0v) is 10.9. The van der Waals surface area contributed by atoms with Gasteiger partial charge in [0.2, 0.25) is 5.91 Å². The Bertz CT molecular complexity index is 540. The van der Waals surface area contributed by atoms with Crippen molar-refractivity contribution in [1.29, 1.82) is 0 Å². The van der Waals surface area contributed by atoms with Crippen molar-refractivity contribution in [2.24, 2.45) is 0 Å². The Balaban J connectivity index is 1.78. The topological polar surface area (TPSA) is 54.0 Å². The average molecular weight is 255 g/mol. The van der Waals surface area contributed by atoms with Gasteiger partial charge in [0.1, 0.15) is 0 Å². The smallest absolute Gasteiger partial charge is 0.239 e. The minimum Gasteiger partial charge on any atom is -0.376 e. The number of para-hydroxylation sites is 1. The van der Waals surface area contributed by atoms with Crippen molar-refractivity contribution in [3.63, 3.8) is 0 Å². The van der Waals surface area contributed by atoms with E-state index in [1.807, 2.05) is 43.3 Å². The van der Waals surface area contributed by atoms with Gasteiger partial charge in [0.15, 0.2) is 0 Å². The van der Waals surface area contributed by atoms with Crippen molar-refractivity contribution < 1.29 is 4.79 Å². The van der Waals surface area contributed by atoms with E-state index in [0.29, 0.717) is 6.54 Å². The lowest BCUT2D eigenvalue weighted by Gasteiger charge is -2.09. The molecule has 4 heteroatoms. The van der Waals surface area contributed by atoms with E-state index in [-0.39, 0.29) is 12.5 Å². The molecule has 0 aliphatic rings. The third-order valence-electron chi connectivity index (χ3n) is 2.80. The normalized spacial score (nSPS) is 9.95. The van der Waals surface area contributed by atoms with Crippen LogP contribution in [0.15, 0.2) is 48.8 Å². The first-order valence-electron chi connectivity index (χ1n) is 6.21. The third-order valence-corrected chi connectivity index (χ3v) is 2.80. The molecule has 0 unspecified atom stereocenters. The van der Waals surface area contributed by atoms with Gasteiger partial charge in [0.05, 0.1) is 6.54 Å². The van der Waals surface area contributed by atoms with Gasteiger partial charge in [-0.25, -0.2) is 0 Å². The van der Waals surface area contributed by atoms with Crippen molar-refractivity contribution in [3.8, 4) is 0 Å². The molecule has 1 amide bonds. The number of carbonyl (C=O) groups excluding carboxylic acids is 1. The van der Waals surface area contributed by atoms with E-state index in [0.717, 1.165) is 16.8 Å². The zero-order chi connectivity index (χ0) is 13.5. The van der Waals surface area contributed by atoms with Gasteiger partial charge in [0, 0.05) is 24.6 Å². The van der Waals surface area contributed by atoms with Crippen LogP contribution in [0.5, 0.6) is 0 Å². The molecule has 1 aromatic carbocycles. The van der Waals surface area contributed by atoms with E-state index >= 15 is 0 Å². The minimum absolute atomic E-state index is 0.0351. The summed E-state index contributed by atoms with van der Waals surface area (Å²) in [6.07, 6.45) is 3.46. The van der Waals surface area contributed by atoms with E-state index in [9.17, 15) is 4.79 Å². The quantitative estimate of drug-likeness (QED) is 0.860. The molecule has 0 aliphatic carbocycles. The summed E-state index contributed by atoms with van der Waals surface area (Å²) in [7, 11) is 0. The van der Waals surface area contributed by atoms with Gasteiger partial charge in [0.25, 0.3) is 0 Å². The summed E-state index contributed by atoms with van der Waals surface area (Å²) in [4.78, 5) is 15.7. The summed E-state index contributed by atoms with van der Waals surface area (Å²) >= 11 is 0. The van der Waals surface area contributed by atoms with E-state index in [2.05, 4.69) is 15.6 Å². The molecule has 2 aromatic rings. The minimum atomic E-state index is -0.0351. The number of aromatic nitrogens is 1. The van der Waals surface area contributed by atoms with Crippen LogP contribution in [-0.2, 0) is 11.3 Å². The van der Waals surface area contributed by atoms with Crippen LogP contribution in [-0.4, -0.2) is 17.4 Å². The molecule has 4 nitrogen and oxygen atoms in total. The lowest BCUT2D eigenvalue weighted by molar-refractivity contribution is -0.119. The number of anilines is 1. The van der Waals surface area contributed by atoms with Crippen LogP contribution in [0.25, 0.3) is 0 Å². The van der Waals surface area contributed by atoms with E-state index in [4.69, 9.17) is 0 Å². The van der Waals surface area contributed by atoms with Crippen LogP contribution < -0.4 is 10.6 Å². The number of hydrogen-bond acceptors (Lipinski definition) is 3. The molecule has 0 saturated carbocycles. The SMILES string of the molecule is Cc1ccccc1NCC(=O)NCc1cccnc1. The molecule has 1 heterocycles. The number of rotatable bonds is 5. The molecule has 0 fully saturated rings. The first-order chi connectivity index (χ1) is 9.25. The van der Waals surface area contributed by atoms with Crippen LogP contribution in [0.1, 0.15) is 11.1 Å². The molecule has 2 N–H and O–H groups in total. The fraction of sp³-hybridized carbons (Fsp3) is 0.200. The van der Waals surface area contributed by atoms with Gasteiger partial charge in [-0.05, 0) is 30.2 Å². The van der Waals surface area contributed by atoms with Crippen molar-refractivity contribution in [2.75, 3.05) is 11.9 Å². The first kappa shape index (κ1) is 13.1. The molecule has 0 radical (unpaired) electrons. The maximum Gasteiger partial charge on any atom is 0.239 e. The molecule has 19 heavy (non-hydrogen) atoms. The number of aryl methyl sites for hydroxylation is 1. The van der Waals surface area contributed by atoms with Crippen LogP contribution in [0.2, 0.25) is 0 Å². The van der Waals surface area contributed by atoms with Crippen molar-refractivity contribution >= 4 is 11.6 Å². The molecule has 0 bridgehead atoms. The molecule has 0 spiro atoms. The Kier molecular flexibility index (Phi) is 4.50. The van der Waals surface area contributed by atoms with Gasteiger partial charge in [-0.1, -0.05) is 24.3 Å². The first-order valence-corrected chi connectivity index (χ1v) is 6.21. The highest BCUT2D eigenvalue weighted by Gasteiger charge is 2.02. The molecule has 0 aliphatic heterocycles. The Morgan fingerprint density at radius 2 is 2.05 bits per heavy atom. The third kappa shape index (κ3) is 4.10. The molecule has 0 saturated heterocycles. The number of amides is 1. The van der Waals surface area contributed by atoms with Crippen LogP contribution in [0.4, 0.5) is 5.69 Å². The highest BCUT2D eigenvalue weighted by Crippen LogP contribution is 2.12. The number of hydrogen-bond donors (Lipinski definition) is 2. The highest BCUT2D eigenvalue weighted by atomic mass is 16.1. The van der Waals surface area contributed by atoms with E-state index in [1.165, 1.54) is 0 Å². The summed E-state index contributed by atoms with van der Waals surface area (Å²) in [6.45, 7) is 2.78. The Morgan fingerprint density at radius 3 is 2.79 bits per heavy atom. The van der Waals surface area contributed by atoms with Crippen LogP contribution >= 0.6 is 0 Å². The second kappa shape index (κ2) is 6.54. The fourth-order valence-corrected chi connectivity index (χ4v) is 1.71. The maximum absolute atomic E-state index is 11.7. The van der Waals surface area contributed by atoms with Gasteiger partial charge < -0.3 is 10.6 Å². The highest BCUT2D eigenvalue weighted by molar-refractivity contribution is 5.80. The number of carbonyl (C=O) groups is 1. The lowest BCUT2D eigenvalue weighted by Crippen LogP contribution is -2.29. The second-order valence-electron chi connectivity index (χ2n) is 4.31. The van der Waals surface area contributed by atoms with E-state index < -0.39 is 0 Å².